The molecule has 0 fully saturated rings. The second-order valence-electron chi connectivity index (χ2n) is 9.13. The number of hydrogen-bond acceptors (Lipinski definition) is 8. The highest BCUT2D eigenvalue weighted by Crippen LogP contribution is 2.31. The minimum Gasteiger partial charge on any atom is -0.480 e. The number of amides is 3. The van der Waals surface area contributed by atoms with E-state index in [0.717, 1.165) is 18.5 Å². The molecule has 1 unspecified atom stereocenters. The number of carboxylic acids is 1. The molecular formula is C28H27Cl2N7O5. The molecule has 4 rings (SSSR count). The molecule has 3 aromatic rings. The van der Waals surface area contributed by atoms with Gasteiger partial charge < -0.3 is 31.7 Å². The number of anilines is 1. The van der Waals surface area contributed by atoms with Crippen molar-refractivity contribution >= 4 is 58.5 Å². The zero-order valence-corrected chi connectivity index (χ0v) is 23.6. The van der Waals surface area contributed by atoms with Crippen LogP contribution in [0.2, 0.25) is 10.0 Å². The first-order chi connectivity index (χ1) is 20.2. The van der Waals surface area contributed by atoms with Crippen LogP contribution in [0.25, 0.3) is 11.1 Å². The van der Waals surface area contributed by atoms with Crippen LogP contribution in [-0.2, 0) is 9.59 Å². The largest absolute Gasteiger partial charge is 0.480 e. The van der Waals surface area contributed by atoms with E-state index in [4.69, 9.17) is 23.2 Å². The number of pyridine rings is 1. The lowest BCUT2D eigenvalue weighted by Crippen LogP contribution is -2.50. The molecule has 0 saturated carbocycles. The molecule has 0 radical (unpaired) electrons. The fourth-order valence-electron chi connectivity index (χ4n) is 3.94. The van der Waals surface area contributed by atoms with Gasteiger partial charge in [0, 0.05) is 25.8 Å². The Hall–Kier alpha value is -4.68. The average Bonchev–Trinajstić information content (AvgIpc) is 2.98. The maximum atomic E-state index is 12.9. The molecule has 2 heterocycles. The number of rotatable bonds is 10. The molecule has 12 nitrogen and oxygen atoms in total. The minimum atomic E-state index is -1.50. The highest BCUT2D eigenvalue weighted by molar-refractivity contribution is 6.40. The van der Waals surface area contributed by atoms with Gasteiger partial charge in [0.25, 0.3) is 11.8 Å². The number of carboxylic acid groups (broad SMARTS) is 1. The molecule has 0 saturated heterocycles. The van der Waals surface area contributed by atoms with E-state index >= 15 is 0 Å². The van der Waals surface area contributed by atoms with E-state index < -0.39 is 42.8 Å². The standard InChI is InChI=1S/C28H27Cl2N7O5/c29-20-10-17(16-5-2-1-3-6-16)11-21(30)24(20)26(40)37-22(27(41)42)14-34-23(38)15-35-25(39)18-9-19(13-31-12-18)36-28-32-7-4-8-33-28/h1-3,5-6,9-13,22H,4,7-8,14-15H2,(H,34,38)(H,35,39)(H,37,40)(H,41,42)(H2,32,33,36). The number of aromatic nitrogens is 1. The van der Waals surface area contributed by atoms with E-state index in [1.807, 2.05) is 30.3 Å². The highest BCUT2D eigenvalue weighted by atomic mass is 35.5. The number of carbonyl (C=O) groups is 4. The second-order valence-corrected chi connectivity index (χ2v) is 9.94. The topological polar surface area (TPSA) is 174 Å². The number of nitrogens with zero attached hydrogens (tertiary/aromatic N) is 2. The Morgan fingerprint density at radius 1 is 0.952 bits per heavy atom. The lowest BCUT2D eigenvalue weighted by atomic mass is 10.0. The van der Waals surface area contributed by atoms with Gasteiger partial charge in [0.05, 0.1) is 39.6 Å². The van der Waals surface area contributed by atoms with Crippen LogP contribution in [0.3, 0.4) is 0 Å². The zero-order valence-electron chi connectivity index (χ0n) is 22.1. The summed E-state index contributed by atoms with van der Waals surface area (Å²) < 4.78 is 0. The Kier molecular flexibility index (Phi) is 10.3. The highest BCUT2D eigenvalue weighted by Gasteiger charge is 2.25. The van der Waals surface area contributed by atoms with E-state index in [2.05, 4.69) is 36.6 Å². The summed E-state index contributed by atoms with van der Waals surface area (Å²) in [4.78, 5) is 57.9. The molecule has 218 valence electrons. The van der Waals surface area contributed by atoms with Gasteiger partial charge >= 0.3 is 5.97 Å². The summed E-state index contributed by atoms with van der Waals surface area (Å²) in [5.41, 5.74) is 2.15. The normalized spacial score (nSPS) is 13.1. The number of hydrogen-bond donors (Lipinski definition) is 6. The lowest BCUT2D eigenvalue weighted by molar-refractivity contribution is -0.139. The molecule has 14 heteroatoms. The quantitative estimate of drug-likeness (QED) is 0.203. The number of halogens is 2. The summed E-state index contributed by atoms with van der Waals surface area (Å²) in [5, 5.41) is 23.0. The first-order valence-electron chi connectivity index (χ1n) is 12.8. The van der Waals surface area contributed by atoms with Crippen LogP contribution in [0.1, 0.15) is 27.1 Å². The van der Waals surface area contributed by atoms with Crippen LogP contribution in [0.15, 0.2) is 65.9 Å². The monoisotopic (exact) mass is 611 g/mol. The van der Waals surface area contributed by atoms with E-state index in [1.165, 1.54) is 12.4 Å². The molecule has 3 amide bonds. The number of guanidine groups is 1. The Morgan fingerprint density at radius 2 is 1.69 bits per heavy atom. The van der Waals surface area contributed by atoms with Crippen molar-refractivity contribution in [1.82, 2.24) is 26.3 Å². The molecule has 0 bridgehead atoms. The van der Waals surface area contributed by atoms with Crippen LogP contribution >= 0.6 is 23.2 Å². The minimum absolute atomic E-state index is 0.0338. The van der Waals surface area contributed by atoms with Gasteiger partial charge in [-0.25, -0.2) is 4.79 Å². The number of aliphatic carboxylic acids is 1. The Balaban J connectivity index is 1.30. The molecular weight excluding hydrogens is 585 g/mol. The predicted octanol–water partition coefficient (Wildman–Crippen LogP) is 2.55. The third kappa shape index (κ3) is 8.18. The number of nitrogens with one attached hydrogen (secondary N) is 5. The molecule has 6 N–H and O–H groups in total. The maximum Gasteiger partial charge on any atom is 0.328 e. The van der Waals surface area contributed by atoms with Crippen LogP contribution in [0.4, 0.5) is 5.69 Å². The van der Waals surface area contributed by atoms with E-state index in [1.54, 1.807) is 18.2 Å². The molecule has 2 aromatic carbocycles. The van der Waals surface area contributed by atoms with Gasteiger partial charge in [-0.1, -0.05) is 53.5 Å². The Morgan fingerprint density at radius 3 is 2.36 bits per heavy atom. The molecule has 42 heavy (non-hydrogen) atoms. The third-order valence-corrected chi connectivity index (χ3v) is 6.65. The third-order valence-electron chi connectivity index (χ3n) is 6.05. The first kappa shape index (κ1) is 30.3. The lowest BCUT2D eigenvalue weighted by Gasteiger charge is -2.17. The predicted molar refractivity (Wildman–Crippen MR) is 159 cm³/mol. The number of benzene rings is 2. The summed E-state index contributed by atoms with van der Waals surface area (Å²) in [6.07, 6.45) is 3.80. The molecule has 0 aliphatic carbocycles. The van der Waals surface area contributed by atoms with Crippen molar-refractivity contribution in [3.63, 3.8) is 0 Å². The molecule has 1 aliphatic heterocycles. The van der Waals surface area contributed by atoms with Crippen LogP contribution < -0.4 is 26.6 Å². The number of carbonyl (C=O) groups excluding carboxylic acids is 3. The van der Waals surface area contributed by atoms with Crippen LogP contribution in [0, 0.1) is 0 Å². The zero-order chi connectivity index (χ0) is 30.1. The smallest absolute Gasteiger partial charge is 0.328 e. The van der Waals surface area contributed by atoms with Crippen molar-refractivity contribution in [3.8, 4) is 11.1 Å². The first-order valence-corrected chi connectivity index (χ1v) is 13.6. The van der Waals surface area contributed by atoms with Crippen LogP contribution in [0.5, 0.6) is 0 Å². The molecule has 1 aliphatic rings. The molecule has 1 aromatic heterocycles. The summed E-state index contributed by atoms with van der Waals surface area (Å²) in [6.45, 7) is 0.574. The van der Waals surface area contributed by atoms with Gasteiger partial charge in [0.2, 0.25) is 5.91 Å². The van der Waals surface area contributed by atoms with Gasteiger partial charge in [-0.2, -0.15) is 0 Å². The van der Waals surface area contributed by atoms with E-state index in [9.17, 15) is 24.3 Å². The van der Waals surface area contributed by atoms with Crippen molar-refractivity contribution in [1.29, 1.82) is 0 Å². The maximum absolute atomic E-state index is 12.9. The summed E-state index contributed by atoms with van der Waals surface area (Å²) >= 11 is 12.7. The van der Waals surface area contributed by atoms with Crippen molar-refractivity contribution in [2.75, 3.05) is 31.5 Å². The fourth-order valence-corrected chi connectivity index (χ4v) is 4.60. The van der Waals surface area contributed by atoms with E-state index in [0.29, 0.717) is 23.8 Å². The van der Waals surface area contributed by atoms with Crippen molar-refractivity contribution in [3.05, 3.63) is 82.1 Å². The van der Waals surface area contributed by atoms with Crippen molar-refractivity contribution in [2.45, 2.75) is 12.5 Å². The van der Waals surface area contributed by atoms with E-state index in [-0.39, 0.29) is 21.2 Å². The second kappa shape index (κ2) is 14.3. The fraction of sp³-hybridized carbons (Fsp3) is 0.214. The van der Waals surface area contributed by atoms with Gasteiger partial charge in [-0.15, -0.1) is 0 Å². The van der Waals surface area contributed by atoms with Gasteiger partial charge in [0.15, 0.2) is 5.96 Å². The van der Waals surface area contributed by atoms with Crippen LogP contribution in [-0.4, -0.2) is 72.0 Å². The summed E-state index contributed by atoms with van der Waals surface area (Å²) in [5.74, 6) is -2.88. The summed E-state index contributed by atoms with van der Waals surface area (Å²) in [7, 11) is 0. The van der Waals surface area contributed by atoms with Gasteiger partial charge in [-0.3, -0.25) is 24.4 Å². The molecule has 0 spiro atoms. The Bertz CT molecular complexity index is 1490. The SMILES string of the molecule is O=C(CNC(=O)c1cncc(NC2=NCCCN2)c1)NCC(NC(=O)c1c(Cl)cc(-c2ccccc2)cc1Cl)C(=O)O. The van der Waals surface area contributed by atoms with Crippen molar-refractivity contribution in [2.24, 2.45) is 4.99 Å². The molecule has 1 atom stereocenters. The Labute approximate surface area is 250 Å². The average molecular weight is 612 g/mol. The van der Waals surface area contributed by atoms with Gasteiger partial charge in [-0.05, 0) is 35.7 Å². The van der Waals surface area contributed by atoms with Gasteiger partial charge in [0.1, 0.15) is 6.04 Å². The number of aliphatic imine (C=N–C) groups is 1. The van der Waals surface area contributed by atoms with Crippen molar-refractivity contribution < 1.29 is 24.3 Å². The summed E-state index contributed by atoms with van der Waals surface area (Å²) in [6, 6.07) is 12.4.